The van der Waals surface area contributed by atoms with Crippen molar-refractivity contribution in [2.75, 3.05) is 30.9 Å². The monoisotopic (exact) mass is 466 g/mol. The summed E-state index contributed by atoms with van der Waals surface area (Å²) in [5.74, 6) is -1.46. The van der Waals surface area contributed by atoms with Gasteiger partial charge in [0.25, 0.3) is 17.5 Å². The first-order chi connectivity index (χ1) is 16.4. The van der Waals surface area contributed by atoms with E-state index in [1.807, 2.05) is 0 Å². The van der Waals surface area contributed by atoms with Gasteiger partial charge in [-0.2, -0.15) is 0 Å². The zero-order valence-electron chi connectivity index (χ0n) is 18.3. The van der Waals surface area contributed by atoms with Gasteiger partial charge in [0, 0.05) is 43.1 Å². The van der Waals surface area contributed by atoms with E-state index in [1.165, 1.54) is 43.5 Å². The lowest BCUT2D eigenvalue weighted by atomic mass is 10.1. The van der Waals surface area contributed by atoms with Gasteiger partial charge >= 0.3 is 0 Å². The Hall–Kier alpha value is -4.31. The smallest absolute Gasteiger partial charge is 0.293 e. The van der Waals surface area contributed by atoms with Gasteiger partial charge in [0.2, 0.25) is 0 Å². The minimum atomic E-state index is -0.559. The third-order valence-corrected chi connectivity index (χ3v) is 4.80. The number of methoxy groups -OCH3 is 1. The molecule has 0 heterocycles. The van der Waals surface area contributed by atoms with Crippen LogP contribution in [0.4, 0.5) is 21.5 Å². The molecule has 176 valence electrons. The number of nitro groups is 1. The number of rotatable bonds is 10. The van der Waals surface area contributed by atoms with E-state index in [-0.39, 0.29) is 23.4 Å². The van der Waals surface area contributed by atoms with E-state index in [4.69, 9.17) is 4.74 Å². The summed E-state index contributed by atoms with van der Waals surface area (Å²) < 4.78 is 18.3. The first-order valence-electron chi connectivity index (χ1n) is 10.3. The molecule has 2 amide bonds. The SMILES string of the molecule is COCCNc1ccc(C(=O)NCc2cccc(NC(=O)c3cccc(F)c3)c2)cc1[N+](=O)[O-]. The molecule has 0 unspecified atom stereocenters. The highest BCUT2D eigenvalue weighted by atomic mass is 19.1. The number of hydrogen-bond donors (Lipinski definition) is 3. The normalized spacial score (nSPS) is 10.4. The molecule has 3 N–H and O–H groups in total. The van der Waals surface area contributed by atoms with Crippen molar-refractivity contribution in [1.82, 2.24) is 5.32 Å². The fourth-order valence-electron chi connectivity index (χ4n) is 3.14. The Morgan fingerprint density at radius 3 is 2.50 bits per heavy atom. The average Bonchev–Trinajstić information content (AvgIpc) is 2.83. The molecule has 0 aromatic heterocycles. The summed E-state index contributed by atoms with van der Waals surface area (Å²) in [5, 5.41) is 19.7. The second-order valence-electron chi connectivity index (χ2n) is 7.26. The van der Waals surface area contributed by atoms with Crippen molar-refractivity contribution in [3.05, 3.63) is 99.4 Å². The van der Waals surface area contributed by atoms with E-state index >= 15 is 0 Å². The van der Waals surface area contributed by atoms with Crippen LogP contribution in [0.2, 0.25) is 0 Å². The number of nitrogens with zero attached hydrogens (tertiary/aromatic N) is 1. The number of carbonyl (C=O) groups excluding carboxylic acids is 2. The number of nitrogens with one attached hydrogen (secondary N) is 3. The summed E-state index contributed by atoms with van der Waals surface area (Å²) in [6, 6.07) is 16.3. The van der Waals surface area contributed by atoms with Crippen molar-refractivity contribution in [3.63, 3.8) is 0 Å². The number of nitro benzene ring substituents is 1. The first kappa shape index (κ1) is 24.3. The molecular formula is C24H23FN4O5. The van der Waals surface area contributed by atoms with Crippen molar-refractivity contribution in [2.45, 2.75) is 6.54 Å². The standard InChI is InChI=1S/C24H23FN4O5/c1-34-11-10-26-21-9-8-18(14-22(21)29(32)33)23(30)27-15-16-4-2-7-20(12-16)28-24(31)17-5-3-6-19(25)13-17/h2-9,12-14,26H,10-11,15H2,1H3,(H,27,30)(H,28,31). The van der Waals surface area contributed by atoms with Crippen LogP contribution in [0.15, 0.2) is 66.7 Å². The first-order valence-corrected chi connectivity index (χ1v) is 10.3. The molecule has 0 bridgehead atoms. The molecule has 0 saturated carbocycles. The van der Waals surface area contributed by atoms with Crippen LogP contribution >= 0.6 is 0 Å². The predicted octanol–water partition coefficient (Wildman–Crippen LogP) is 3.97. The third-order valence-electron chi connectivity index (χ3n) is 4.80. The van der Waals surface area contributed by atoms with Crippen molar-refractivity contribution in [3.8, 4) is 0 Å². The van der Waals surface area contributed by atoms with Gasteiger partial charge < -0.3 is 20.7 Å². The maximum Gasteiger partial charge on any atom is 0.293 e. The average molecular weight is 466 g/mol. The minimum absolute atomic E-state index is 0.129. The summed E-state index contributed by atoms with van der Waals surface area (Å²) in [6.07, 6.45) is 0. The molecule has 3 aromatic rings. The van der Waals surface area contributed by atoms with Crippen LogP contribution in [-0.4, -0.2) is 37.0 Å². The highest BCUT2D eigenvalue weighted by Crippen LogP contribution is 2.25. The second-order valence-corrected chi connectivity index (χ2v) is 7.26. The number of hydrogen-bond acceptors (Lipinski definition) is 6. The van der Waals surface area contributed by atoms with Crippen LogP contribution in [0.3, 0.4) is 0 Å². The molecule has 0 spiro atoms. The molecule has 0 aliphatic rings. The molecule has 0 aliphatic heterocycles. The van der Waals surface area contributed by atoms with Gasteiger partial charge in [0.05, 0.1) is 11.5 Å². The summed E-state index contributed by atoms with van der Waals surface area (Å²) in [6.45, 7) is 0.889. The topological polar surface area (TPSA) is 123 Å². The largest absolute Gasteiger partial charge is 0.383 e. The van der Waals surface area contributed by atoms with Crippen LogP contribution in [0.25, 0.3) is 0 Å². The van der Waals surface area contributed by atoms with Gasteiger partial charge in [-0.1, -0.05) is 18.2 Å². The van der Waals surface area contributed by atoms with E-state index in [9.17, 15) is 24.1 Å². The lowest BCUT2D eigenvalue weighted by molar-refractivity contribution is -0.384. The zero-order valence-corrected chi connectivity index (χ0v) is 18.3. The quantitative estimate of drug-likeness (QED) is 0.236. The second kappa shape index (κ2) is 11.5. The molecule has 34 heavy (non-hydrogen) atoms. The third kappa shape index (κ3) is 6.59. The molecule has 0 aliphatic carbocycles. The van der Waals surface area contributed by atoms with Crippen molar-refractivity contribution in [1.29, 1.82) is 0 Å². The number of carbonyl (C=O) groups is 2. The highest BCUT2D eigenvalue weighted by molar-refractivity contribution is 6.04. The number of benzene rings is 3. The molecular weight excluding hydrogens is 443 g/mol. The lowest BCUT2D eigenvalue weighted by Gasteiger charge is -2.10. The number of anilines is 2. The molecule has 9 nitrogen and oxygen atoms in total. The minimum Gasteiger partial charge on any atom is -0.383 e. The maximum absolute atomic E-state index is 13.3. The van der Waals surface area contributed by atoms with E-state index < -0.39 is 22.6 Å². The molecule has 10 heteroatoms. The predicted molar refractivity (Wildman–Crippen MR) is 125 cm³/mol. The van der Waals surface area contributed by atoms with E-state index in [1.54, 1.807) is 24.3 Å². The summed E-state index contributed by atoms with van der Waals surface area (Å²) in [5.41, 5.74) is 1.56. The van der Waals surface area contributed by atoms with Gasteiger partial charge in [-0.3, -0.25) is 19.7 Å². The van der Waals surface area contributed by atoms with E-state index in [2.05, 4.69) is 16.0 Å². The van der Waals surface area contributed by atoms with Crippen LogP contribution < -0.4 is 16.0 Å². The Balaban J connectivity index is 1.64. The summed E-state index contributed by atoms with van der Waals surface area (Å²) >= 11 is 0. The fourth-order valence-corrected chi connectivity index (χ4v) is 3.14. The Morgan fingerprint density at radius 2 is 1.76 bits per heavy atom. The van der Waals surface area contributed by atoms with E-state index in [0.29, 0.717) is 30.1 Å². The van der Waals surface area contributed by atoms with E-state index in [0.717, 1.165) is 6.07 Å². The Labute approximate surface area is 195 Å². The van der Waals surface area contributed by atoms with Crippen molar-refractivity contribution >= 4 is 28.9 Å². The van der Waals surface area contributed by atoms with Crippen LogP contribution in [0.5, 0.6) is 0 Å². The Kier molecular flexibility index (Phi) is 8.25. The van der Waals surface area contributed by atoms with Gasteiger partial charge in [-0.15, -0.1) is 0 Å². The molecule has 0 radical (unpaired) electrons. The highest BCUT2D eigenvalue weighted by Gasteiger charge is 2.17. The summed E-state index contributed by atoms with van der Waals surface area (Å²) in [7, 11) is 1.53. The summed E-state index contributed by atoms with van der Waals surface area (Å²) in [4.78, 5) is 35.7. The molecule has 0 fully saturated rings. The van der Waals surface area contributed by atoms with Gasteiger partial charge in [0.1, 0.15) is 11.5 Å². The molecule has 3 rings (SSSR count). The van der Waals surface area contributed by atoms with Gasteiger partial charge in [-0.25, -0.2) is 4.39 Å². The Bertz CT molecular complexity index is 1200. The molecule has 3 aromatic carbocycles. The molecule has 0 atom stereocenters. The van der Waals surface area contributed by atoms with Gasteiger partial charge in [0.15, 0.2) is 0 Å². The number of ether oxygens (including phenoxy) is 1. The van der Waals surface area contributed by atoms with Crippen LogP contribution in [0, 0.1) is 15.9 Å². The Morgan fingerprint density at radius 1 is 1.00 bits per heavy atom. The van der Waals surface area contributed by atoms with Crippen molar-refractivity contribution in [2.24, 2.45) is 0 Å². The lowest BCUT2D eigenvalue weighted by Crippen LogP contribution is -2.23. The van der Waals surface area contributed by atoms with Gasteiger partial charge in [-0.05, 0) is 48.0 Å². The van der Waals surface area contributed by atoms with Crippen molar-refractivity contribution < 1.29 is 23.6 Å². The van der Waals surface area contributed by atoms with Crippen LogP contribution in [-0.2, 0) is 11.3 Å². The maximum atomic E-state index is 13.3. The number of halogens is 1. The number of amides is 2. The fraction of sp³-hybridized carbons (Fsp3) is 0.167. The zero-order chi connectivity index (χ0) is 24.5. The molecule has 0 saturated heterocycles. The van der Waals surface area contributed by atoms with Crippen LogP contribution in [0.1, 0.15) is 26.3 Å².